The Labute approximate surface area is 188 Å². The van der Waals surface area contributed by atoms with Gasteiger partial charge < -0.3 is 9.80 Å². The fourth-order valence-corrected chi connectivity index (χ4v) is 3.83. The highest BCUT2D eigenvalue weighted by molar-refractivity contribution is 6.05. The van der Waals surface area contributed by atoms with Gasteiger partial charge in [0.25, 0.3) is 5.91 Å². The highest BCUT2D eigenvalue weighted by Crippen LogP contribution is 2.33. The van der Waals surface area contributed by atoms with Gasteiger partial charge in [0.1, 0.15) is 6.04 Å². The molecule has 168 valence electrons. The van der Waals surface area contributed by atoms with Crippen LogP contribution < -0.4 is 4.90 Å². The number of carbonyl (C=O) groups excluding carboxylic acids is 3. The van der Waals surface area contributed by atoms with Crippen LogP contribution in [0.2, 0.25) is 0 Å². The quantitative estimate of drug-likeness (QED) is 0.673. The summed E-state index contributed by atoms with van der Waals surface area (Å²) < 4.78 is 70.7. The molecule has 6 nitrogen and oxygen atoms in total. The van der Waals surface area contributed by atoms with E-state index in [9.17, 15) is 27.6 Å². The minimum Gasteiger partial charge on any atom is -0.368 e. The van der Waals surface area contributed by atoms with Gasteiger partial charge in [0.05, 0.1) is 5.56 Å². The number of benzene rings is 2. The van der Waals surface area contributed by atoms with Crippen molar-refractivity contribution in [2.75, 3.05) is 31.1 Å². The predicted molar refractivity (Wildman–Crippen MR) is 111 cm³/mol. The third-order valence-corrected chi connectivity index (χ3v) is 5.45. The van der Waals surface area contributed by atoms with Crippen molar-refractivity contribution in [2.45, 2.75) is 25.0 Å². The summed E-state index contributed by atoms with van der Waals surface area (Å²) in [6.45, 7) is 0.485. The predicted octanol–water partition coefficient (Wildman–Crippen LogP) is 3.24. The molecule has 3 amide bonds. The summed E-state index contributed by atoms with van der Waals surface area (Å²) in [5, 5.41) is 0. The number of halogens is 3. The van der Waals surface area contributed by atoms with Gasteiger partial charge in [-0.1, -0.05) is 36.4 Å². The fourth-order valence-electron chi connectivity index (χ4n) is 3.83. The van der Waals surface area contributed by atoms with E-state index in [1.54, 1.807) is 23.1 Å². The summed E-state index contributed by atoms with van der Waals surface area (Å²) in [5.74, 6) is -3.59. The second-order valence-electron chi connectivity index (χ2n) is 7.40. The molecule has 0 N–H and O–H groups in total. The zero-order valence-electron chi connectivity index (χ0n) is 20.8. The summed E-state index contributed by atoms with van der Waals surface area (Å²) in [7, 11) is 0. The van der Waals surface area contributed by atoms with Crippen LogP contribution in [0.25, 0.3) is 0 Å². The number of amides is 3. The molecule has 0 aromatic heterocycles. The molecule has 2 heterocycles. The topological polar surface area (TPSA) is 60.9 Å². The fraction of sp³-hybridized carbons (Fsp3) is 0.348. The standard InChI is InChI=1S/C23H22F3N3O3/c24-23(25,26)17-7-4-8-18(15-17)27-11-13-28(14-12-27)22(32)21(16-5-2-1-3-6-16)29-19(30)9-10-20(29)31/h1-8,15,21H,9-14H2/t21-/m1/s1/i9D2,10D2. The summed E-state index contributed by atoms with van der Waals surface area (Å²) in [6, 6.07) is 11.0. The molecule has 0 spiro atoms. The summed E-state index contributed by atoms with van der Waals surface area (Å²) in [5.41, 5.74) is -0.252. The van der Waals surface area contributed by atoms with Gasteiger partial charge in [-0.15, -0.1) is 0 Å². The number of likely N-dealkylation sites (tertiary alicyclic amines) is 1. The van der Waals surface area contributed by atoms with Gasteiger partial charge in [-0.3, -0.25) is 19.3 Å². The normalized spacial score (nSPS) is 23.3. The zero-order chi connectivity index (χ0) is 26.5. The highest BCUT2D eigenvalue weighted by atomic mass is 19.4. The van der Waals surface area contributed by atoms with Crippen LogP contribution >= 0.6 is 0 Å². The third kappa shape index (κ3) is 4.32. The van der Waals surface area contributed by atoms with Gasteiger partial charge in [-0.05, 0) is 23.8 Å². The van der Waals surface area contributed by atoms with Crippen LogP contribution in [0.1, 0.15) is 35.4 Å². The van der Waals surface area contributed by atoms with Crippen molar-refractivity contribution in [3.63, 3.8) is 0 Å². The Kier molecular flexibility index (Phi) is 4.65. The average molecular weight is 449 g/mol. The van der Waals surface area contributed by atoms with E-state index in [0.29, 0.717) is 10.6 Å². The molecule has 1 atom stereocenters. The lowest BCUT2D eigenvalue weighted by Crippen LogP contribution is -2.53. The summed E-state index contributed by atoms with van der Waals surface area (Å²) in [4.78, 5) is 42.6. The molecular formula is C23H22F3N3O3. The monoisotopic (exact) mass is 449 g/mol. The number of anilines is 1. The molecule has 2 aromatic rings. The molecule has 4 rings (SSSR count). The van der Waals surface area contributed by atoms with E-state index in [4.69, 9.17) is 5.48 Å². The lowest BCUT2D eigenvalue weighted by molar-refractivity contribution is -0.151. The van der Waals surface area contributed by atoms with Gasteiger partial charge in [0.15, 0.2) is 0 Å². The Morgan fingerprint density at radius 1 is 0.906 bits per heavy atom. The Hall–Kier alpha value is -3.36. The number of hydrogen-bond acceptors (Lipinski definition) is 4. The minimum atomic E-state index is -4.50. The van der Waals surface area contributed by atoms with E-state index in [1.165, 1.54) is 29.2 Å². The van der Waals surface area contributed by atoms with Gasteiger partial charge in [0, 0.05) is 50.1 Å². The Bertz CT molecular complexity index is 1160. The number of nitrogens with zero attached hydrogens (tertiary/aromatic N) is 3. The van der Waals surface area contributed by atoms with E-state index >= 15 is 0 Å². The van der Waals surface area contributed by atoms with E-state index in [0.717, 1.165) is 12.1 Å². The van der Waals surface area contributed by atoms with Crippen LogP contribution in [0.15, 0.2) is 54.6 Å². The first kappa shape index (κ1) is 17.2. The first-order valence-electron chi connectivity index (χ1n) is 11.9. The smallest absolute Gasteiger partial charge is 0.368 e. The van der Waals surface area contributed by atoms with Gasteiger partial charge in [0.2, 0.25) is 11.8 Å². The largest absolute Gasteiger partial charge is 0.416 e. The molecule has 2 fully saturated rings. The lowest BCUT2D eigenvalue weighted by atomic mass is 10.0. The maximum Gasteiger partial charge on any atom is 0.416 e. The van der Waals surface area contributed by atoms with Gasteiger partial charge >= 0.3 is 6.18 Å². The zero-order valence-corrected chi connectivity index (χ0v) is 16.8. The average Bonchev–Trinajstić information content (AvgIpc) is 2.96. The van der Waals surface area contributed by atoms with Crippen LogP contribution in [-0.4, -0.2) is 53.7 Å². The molecule has 2 aliphatic heterocycles. The van der Waals surface area contributed by atoms with Crippen LogP contribution in [0.4, 0.5) is 18.9 Å². The maximum absolute atomic E-state index is 13.6. The van der Waals surface area contributed by atoms with Crippen molar-refractivity contribution in [3.8, 4) is 0 Å². The second kappa shape index (κ2) is 8.64. The number of rotatable bonds is 4. The molecular weight excluding hydrogens is 423 g/mol. The first-order chi connectivity index (χ1) is 16.8. The molecule has 0 aliphatic carbocycles. The summed E-state index contributed by atoms with van der Waals surface area (Å²) >= 11 is 0. The minimum absolute atomic E-state index is 0.0639. The Balaban J connectivity index is 1.59. The number of carbonyl (C=O) groups is 3. The molecule has 2 saturated heterocycles. The maximum atomic E-state index is 13.6. The van der Waals surface area contributed by atoms with Gasteiger partial charge in [-0.2, -0.15) is 13.2 Å². The molecule has 0 radical (unpaired) electrons. The molecule has 0 bridgehead atoms. The number of hydrogen-bond donors (Lipinski definition) is 0. The van der Waals surface area contributed by atoms with Crippen LogP contribution in [-0.2, 0) is 20.6 Å². The molecule has 32 heavy (non-hydrogen) atoms. The molecule has 0 unspecified atom stereocenters. The Morgan fingerprint density at radius 2 is 1.53 bits per heavy atom. The van der Waals surface area contributed by atoms with E-state index < -0.39 is 48.2 Å². The SMILES string of the molecule is [2H]C1([2H])C(=O)N([C@@H](C(=O)N2CCN(c3cccc(C(F)(F)F)c3)CC2)c2ccccc2)C(=O)C1([2H])[2H]. The second-order valence-corrected chi connectivity index (χ2v) is 7.40. The van der Waals surface area contributed by atoms with E-state index in [-0.39, 0.29) is 31.7 Å². The van der Waals surface area contributed by atoms with Crippen molar-refractivity contribution in [2.24, 2.45) is 0 Å². The third-order valence-electron chi connectivity index (χ3n) is 5.45. The van der Waals surface area contributed by atoms with Crippen molar-refractivity contribution in [3.05, 3.63) is 65.7 Å². The van der Waals surface area contributed by atoms with E-state index in [2.05, 4.69) is 0 Å². The van der Waals surface area contributed by atoms with Crippen molar-refractivity contribution >= 4 is 23.4 Å². The molecule has 9 heteroatoms. The highest BCUT2D eigenvalue weighted by Gasteiger charge is 2.42. The molecule has 2 aromatic carbocycles. The first-order valence-corrected chi connectivity index (χ1v) is 9.91. The van der Waals surface area contributed by atoms with Crippen molar-refractivity contribution < 1.29 is 33.0 Å². The molecule has 0 saturated carbocycles. The van der Waals surface area contributed by atoms with E-state index in [1.807, 2.05) is 0 Å². The number of alkyl halides is 3. The van der Waals surface area contributed by atoms with Crippen LogP contribution in [0, 0.1) is 0 Å². The Morgan fingerprint density at radius 3 is 2.12 bits per heavy atom. The lowest BCUT2D eigenvalue weighted by Gasteiger charge is -2.39. The van der Waals surface area contributed by atoms with Crippen molar-refractivity contribution in [1.82, 2.24) is 9.80 Å². The number of piperazine rings is 1. The number of imide groups is 1. The van der Waals surface area contributed by atoms with Crippen molar-refractivity contribution in [1.29, 1.82) is 0 Å². The van der Waals surface area contributed by atoms with Crippen LogP contribution in [0.5, 0.6) is 0 Å². The molecule has 2 aliphatic rings. The van der Waals surface area contributed by atoms with Crippen LogP contribution in [0.3, 0.4) is 0 Å². The van der Waals surface area contributed by atoms with Gasteiger partial charge in [-0.25, -0.2) is 0 Å². The summed E-state index contributed by atoms with van der Waals surface area (Å²) in [6.07, 6.45) is -10.8.